The molecule has 0 unspecified atom stereocenters. The molecule has 0 amide bonds. The van der Waals surface area contributed by atoms with Crippen LogP contribution in [0.2, 0.25) is 0 Å². The molecule has 1 aromatic carbocycles. The molecule has 0 fully saturated rings. The van der Waals surface area contributed by atoms with Gasteiger partial charge in [-0.05, 0) is 43.3 Å². The summed E-state index contributed by atoms with van der Waals surface area (Å²) in [5.74, 6) is 1.24. The van der Waals surface area contributed by atoms with Crippen molar-refractivity contribution in [1.29, 1.82) is 0 Å². The third kappa shape index (κ3) is 3.42. The van der Waals surface area contributed by atoms with Gasteiger partial charge in [-0.2, -0.15) is 0 Å². The monoisotopic (exact) mass is 249 g/mol. The smallest absolute Gasteiger partial charge is 0.134 e. The summed E-state index contributed by atoms with van der Waals surface area (Å²) in [6, 6.07) is 9.90. The van der Waals surface area contributed by atoms with Crippen molar-refractivity contribution >= 4 is 0 Å². The molecule has 1 heterocycles. The van der Waals surface area contributed by atoms with Gasteiger partial charge in [-0.3, -0.25) is 0 Å². The molecule has 0 spiro atoms. The lowest BCUT2D eigenvalue weighted by atomic mass is 10.2. The lowest BCUT2D eigenvalue weighted by Gasteiger charge is -2.04. The van der Waals surface area contributed by atoms with Gasteiger partial charge in [0, 0.05) is 12.1 Å². The highest BCUT2D eigenvalue weighted by Gasteiger charge is 2.05. The highest BCUT2D eigenvalue weighted by Crippen LogP contribution is 2.22. The Morgan fingerprint density at radius 3 is 2.61 bits per heavy atom. The number of nitrogens with one attached hydrogen (secondary N) is 1. The molecule has 0 saturated heterocycles. The molecule has 18 heavy (non-hydrogen) atoms. The van der Waals surface area contributed by atoms with Gasteiger partial charge < -0.3 is 14.8 Å². The molecule has 3 nitrogen and oxygen atoms in total. The maximum Gasteiger partial charge on any atom is 0.134 e. The molecule has 0 radical (unpaired) electrons. The first-order chi connectivity index (χ1) is 8.65. The fourth-order valence-corrected chi connectivity index (χ4v) is 1.65. The second-order valence-corrected chi connectivity index (χ2v) is 4.25. The van der Waals surface area contributed by atoms with Gasteiger partial charge in [0.05, 0.1) is 12.6 Å². The van der Waals surface area contributed by atoms with Crippen molar-refractivity contribution < 1.29 is 13.9 Å². The Balaban J connectivity index is 1.99. The SMILES string of the molecule is C[C@@H](O)CNCc1ccc(-c2ccc(F)cc2)o1. The fraction of sp³-hybridized carbons (Fsp3) is 0.286. The van der Waals surface area contributed by atoms with Crippen LogP contribution in [-0.2, 0) is 6.54 Å². The number of furan rings is 1. The summed E-state index contributed by atoms with van der Waals surface area (Å²) in [4.78, 5) is 0. The minimum absolute atomic E-state index is 0.260. The van der Waals surface area contributed by atoms with Crippen LogP contribution in [0.25, 0.3) is 11.3 Å². The number of aliphatic hydroxyl groups is 1. The van der Waals surface area contributed by atoms with Crippen LogP contribution in [0.5, 0.6) is 0 Å². The highest BCUT2D eigenvalue weighted by molar-refractivity contribution is 5.57. The first kappa shape index (κ1) is 12.8. The summed E-state index contributed by atoms with van der Waals surface area (Å²) in [5.41, 5.74) is 0.846. The Morgan fingerprint density at radius 1 is 1.22 bits per heavy atom. The van der Waals surface area contributed by atoms with Crippen LogP contribution in [0.3, 0.4) is 0 Å². The van der Waals surface area contributed by atoms with Gasteiger partial charge >= 0.3 is 0 Å². The molecule has 1 atom stereocenters. The van der Waals surface area contributed by atoms with E-state index in [1.165, 1.54) is 12.1 Å². The van der Waals surface area contributed by atoms with Crippen LogP contribution in [0.15, 0.2) is 40.8 Å². The van der Waals surface area contributed by atoms with E-state index in [1.807, 2.05) is 12.1 Å². The zero-order valence-electron chi connectivity index (χ0n) is 10.2. The molecule has 1 aromatic heterocycles. The van der Waals surface area contributed by atoms with Crippen LogP contribution >= 0.6 is 0 Å². The predicted molar refractivity (Wildman–Crippen MR) is 67.5 cm³/mol. The largest absolute Gasteiger partial charge is 0.460 e. The minimum atomic E-state index is -0.378. The molecule has 2 aromatic rings. The average molecular weight is 249 g/mol. The van der Waals surface area contributed by atoms with Gasteiger partial charge in [-0.25, -0.2) is 4.39 Å². The molecule has 0 aliphatic rings. The zero-order chi connectivity index (χ0) is 13.0. The molecule has 2 rings (SSSR count). The number of benzene rings is 1. The number of rotatable bonds is 5. The third-order valence-electron chi connectivity index (χ3n) is 2.53. The van der Waals surface area contributed by atoms with Gasteiger partial charge in [-0.1, -0.05) is 0 Å². The summed E-state index contributed by atoms with van der Waals surface area (Å²) in [6.07, 6.45) is -0.378. The molecule has 0 bridgehead atoms. The maximum atomic E-state index is 12.8. The first-order valence-electron chi connectivity index (χ1n) is 5.88. The van der Waals surface area contributed by atoms with Crippen LogP contribution in [0.4, 0.5) is 4.39 Å². The Labute approximate surface area is 105 Å². The van der Waals surface area contributed by atoms with E-state index in [9.17, 15) is 4.39 Å². The second kappa shape index (κ2) is 5.80. The molecule has 0 aliphatic carbocycles. The van der Waals surface area contributed by atoms with Gasteiger partial charge in [-0.15, -0.1) is 0 Å². The van der Waals surface area contributed by atoms with Gasteiger partial charge in [0.2, 0.25) is 0 Å². The lowest BCUT2D eigenvalue weighted by Crippen LogP contribution is -2.23. The molecular weight excluding hydrogens is 233 g/mol. The number of hydrogen-bond acceptors (Lipinski definition) is 3. The van der Waals surface area contributed by atoms with Crippen molar-refractivity contribution in [3.05, 3.63) is 48.0 Å². The Hall–Kier alpha value is -1.65. The molecule has 0 aliphatic heterocycles. The van der Waals surface area contributed by atoms with Crippen molar-refractivity contribution in [2.75, 3.05) is 6.54 Å². The van der Waals surface area contributed by atoms with Crippen LogP contribution in [0.1, 0.15) is 12.7 Å². The quantitative estimate of drug-likeness (QED) is 0.856. The van der Waals surface area contributed by atoms with Crippen LogP contribution in [0, 0.1) is 5.82 Å². The van der Waals surface area contributed by atoms with E-state index in [0.717, 1.165) is 11.3 Å². The van der Waals surface area contributed by atoms with E-state index < -0.39 is 0 Å². The van der Waals surface area contributed by atoms with Crippen molar-refractivity contribution in [1.82, 2.24) is 5.32 Å². The molecular formula is C14H16FNO2. The molecule has 96 valence electrons. The summed E-state index contributed by atoms with van der Waals surface area (Å²) >= 11 is 0. The van der Waals surface area contributed by atoms with E-state index in [-0.39, 0.29) is 11.9 Å². The van der Waals surface area contributed by atoms with E-state index in [4.69, 9.17) is 9.52 Å². The van der Waals surface area contributed by atoms with Crippen LogP contribution < -0.4 is 5.32 Å². The van der Waals surface area contributed by atoms with Crippen molar-refractivity contribution in [3.8, 4) is 11.3 Å². The minimum Gasteiger partial charge on any atom is -0.460 e. The molecule has 0 saturated carbocycles. The lowest BCUT2D eigenvalue weighted by molar-refractivity contribution is 0.190. The van der Waals surface area contributed by atoms with E-state index in [0.29, 0.717) is 18.8 Å². The molecule has 4 heteroatoms. The van der Waals surface area contributed by atoms with Gasteiger partial charge in [0.1, 0.15) is 17.3 Å². The Kier molecular flexibility index (Phi) is 4.12. The average Bonchev–Trinajstić information content (AvgIpc) is 2.78. The van der Waals surface area contributed by atoms with Crippen molar-refractivity contribution in [2.24, 2.45) is 0 Å². The summed E-state index contributed by atoms with van der Waals surface area (Å²) in [6.45, 7) is 2.80. The van der Waals surface area contributed by atoms with Crippen molar-refractivity contribution in [2.45, 2.75) is 19.6 Å². The maximum absolute atomic E-state index is 12.8. The first-order valence-corrected chi connectivity index (χ1v) is 5.88. The fourth-order valence-electron chi connectivity index (χ4n) is 1.65. The van der Waals surface area contributed by atoms with Crippen LogP contribution in [-0.4, -0.2) is 17.8 Å². The summed E-state index contributed by atoms with van der Waals surface area (Å²) < 4.78 is 18.4. The highest BCUT2D eigenvalue weighted by atomic mass is 19.1. The van der Waals surface area contributed by atoms with Gasteiger partial charge in [0.15, 0.2) is 0 Å². The Morgan fingerprint density at radius 2 is 1.94 bits per heavy atom. The summed E-state index contributed by atoms with van der Waals surface area (Å²) in [5, 5.41) is 12.2. The Bertz CT molecular complexity index is 491. The number of halogens is 1. The normalized spacial score (nSPS) is 12.6. The van der Waals surface area contributed by atoms with E-state index >= 15 is 0 Å². The van der Waals surface area contributed by atoms with E-state index in [2.05, 4.69) is 5.32 Å². The molecule has 2 N–H and O–H groups in total. The topological polar surface area (TPSA) is 45.4 Å². The standard InChI is InChI=1S/C14H16FNO2/c1-10(17)8-16-9-13-6-7-14(18-13)11-2-4-12(15)5-3-11/h2-7,10,16-17H,8-9H2,1H3/t10-/m1/s1. The van der Waals surface area contributed by atoms with Crippen molar-refractivity contribution in [3.63, 3.8) is 0 Å². The third-order valence-corrected chi connectivity index (χ3v) is 2.53. The number of aliphatic hydroxyl groups excluding tert-OH is 1. The van der Waals surface area contributed by atoms with Gasteiger partial charge in [0.25, 0.3) is 0 Å². The second-order valence-electron chi connectivity index (χ2n) is 4.25. The number of hydrogen-bond donors (Lipinski definition) is 2. The summed E-state index contributed by atoms with van der Waals surface area (Å²) in [7, 11) is 0. The predicted octanol–water partition coefficient (Wildman–Crippen LogP) is 2.56. The zero-order valence-corrected chi connectivity index (χ0v) is 10.2. The van der Waals surface area contributed by atoms with E-state index in [1.54, 1.807) is 19.1 Å².